The summed E-state index contributed by atoms with van der Waals surface area (Å²) in [5, 5.41) is 8.87. The molecule has 1 heterocycles. The maximum absolute atomic E-state index is 8.87. The molecule has 0 radical (unpaired) electrons. The second-order valence-electron chi connectivity index (χ2n) is 3.91. The molecule has 2 rings (SSSR count). The highest BCUT2D eigenvalue weighted by atomic mass is 15.2. The van der Waals surface area contributed by atoms with Crippen molar-refractivity contribution >= 4 is 11.5 Å². The fourth-order valence-corrected chi connectivity index (χ4v) is 1.62. The van der Waals surface area contributed by atoms with Crippen molar-refractivity contribution in [2.75, 3.05) is 11.9 Å². The van der Waals surface area contributed by atoms with Gasteiger partial charge in [0.2, 0.25) is 0 Å². The quantitative estimate of drug-likeness (QED) is 0.785. The Kier molecular flexibility index (Phi) is 3.06. The number of aromatic nitrogens is 1. The van der Waals surface area contributed by atoms with Crippen LogP contribution in [0.5, 0.6) is 0 Å². The van der Waals surface area contributed by atoms with Crippen LogP contribution in [0.25, 0.3) is 0 Å². The van der Waals surface area contributed by atoms with Crippen molar-refractivity contribution in [3.05, 3.63) is 53.7 Å². The minimum absolute atomic E-state index is 0.655. The number of hydrogen-bond donors (Lipinski definition) is 0. The second kappa shape index (κ2) is 4.67. The van der Waals surface area contributed by atoms with Crippen LogP contribution in [-0.2, 0) is 0 Å². The molecule has 0 atom stereocenters. The molecule has 0 bridgehead atoms. The Morgan fingerprint density at radius 1 is 1.24 bits per heavy atom. The molecule has 1 aromatic heterocycles. The molecule has 2 aromatic rings. The van der Waals surface area contributed by atoms with Gasteiger partial charge in [0.25, 0.3) is 0 Å². The topological polar surface area (TPSA) is 39.9 Å². The van der Waals surface area contributed by atoms with Crippen LogP contribution in [0.2, 0.25) is 0 Å². The van der Waals surface area contributed by atoms with Gasteiger partial charge in [-0.15, -0.1) is 0 Å². The van der Waals surface area contributed by atoms with E-state index in [0.717, 1.165) is 11.5 Å². The summed E-state index contributed by atoms with van der Waals surface area (Å²) in [5.74, 6) is 0.875. The number of rotatable bonds is 2. The summed E-state index contributed by atoms with van der Waals surface area (Å²) in [5.41, 5.74) is 2.78. The third-order valence-electron chi connectivity index (χ3n) is 2.61. The highest BCUT2D eigenvalue weighted by Gasteiger charge is 2.05. The molecular weight excluding hydrogens is 210 g/mol. The predicted octanol–water partition coefficient (Wildman–Crippen LogP) is 3.03. The van der Waals surface area contributed by atoms with Crippen LogP contribution in [-0.4, -0.2) is 12.0 Å². The van der Waals surface area contributed by atoms with Crippen molar-refractivity contribution in [2.45, 2.75) is 6.92 Å². The van der Waals surface area contributed by atoms with Gasteiger partial charge >= 0.3 is 0 Å². The number of pyridine rings is 1. The first kappa shape index (κ1) is 11.2. The van der Waals surface area contributed by atoms with Gasteiger partial charge in [0.15, 0.2) is 0 Å². The predicted molar refractivity (Wildman–Crippen MR) is 68.2 cm³/mol. The SMILES string of the molecule is Cc1ccnc(N(C)c2cccc(C#N)c2)c1. The third kappa shape index (κ3) is 2.43. The maximum atomic E-state index is 8.87. The molecule has 0 saturated heterocycles. The molecule has 0 amide bonds. The summed E-state index contributed by atoms with van der Waals surface area (Å²) in [6.07, 6.45) is 1.79. The van der Waals surface area contributed by atoms with Crippen molar-refractivity contribution in [3.63, 3.8) is 0 Å². The van der Waals surface area contributed by atoms with Gasteiger partial charge in [-0.2, -0.15) is 5.26 Å². The van der Waals surface area contributed by atoms with E-state index in [9.17, 15) is 0 Å². The fraction of sp³-hybridized carbons (Fsp3) is 0.143. The Balaban J connectivity index is 2.37. The summed E-state index contributed by atoms with van der Waals surface area (Å²) in [7, 11) is 1.94. The zero-order valence-electron chi connectivity index (χ0n) is 9.88. The van der Waals surface area contributed by atoms with Crippen LogP contribution in [0, 0.1) is 18.3 Å². The number of nitriles is 1. The normalized spacial score (nSPS) is 9.71. The van der Waals surface area contributed by atoms with Gasteiger partial charge in [0, 0.05) is 18.9 Å². The van der Waals surface area contributed by atoms with Crippen LogP contribution in [0.15, 0.2) is 42.6 Å². The lowest BCUT2D eigenvalue weighted by atomic mass is 10.2. The van der Waals surface area contributed by atoms with Crippen LogP contribution in [0.1, 0.15) is 11.1 Å². The highest BCUT2D eigenvalue weighted by molar-refractivity contribution is 5.61. The first-order chi connectivity index (χ1) is 8.20. The number of hydrogen-bond acceptors (Lipinski definition) is 3. The molecule has 0 N–H and O–H groups in total. The summed E-state index contributed by atoms with van der Waals surface area (Å²) >= 11 is 0. The van der Waals surface area contributed by atoms with Crippen molar-refractivity contribution in [1.82, 2.24) is 4.98 Å². The van der Waals surface area contributed by atoms with Gasteiger partial charge in [-0.05, 0) is 42.8 Å². The fourth-order valence-electron chi connectivity index (χ4n) is 1.62. The van der Waals surface area contributed by atoms with Crippen molar-refractivity contribution < 1.29 is 0 Å². The van der Waals surface area contributed by atoms with E-state index in [0.29, 0.717) is 5.56 Å². The molecule has 84 valence electrons. The standard InChI is InChI=1S/C14H13N3/c1-11-6-7-16-14(8-11)17(2)13-5-3-4-12(9-13)10-15/h3-9H,1-2H3. The van der Waals surface area contributed by atoms with Gasteiger partial charge < -0.3 is 4.90 Å². The summed E-state index contributed by atoms with van der Waals surface area (Å²) < 4.78 is 0. The maximum Gasteiger partial charge on any atom is 0.132 e. The first-order valence-corrected chi connectivity index (χ1v) is 5.37. The average Bonchev–Trinajstić information content (AvgIpc) is 2.38. The molecule has 3 heteroatoms. The molecule has 1 aromatic carbocycles. The smallest absolute Gasteiger partial charge is 0.132 e. The summed E-state index contributed by atoms with van der Waals surface area (Å²) in [6.45, 7) is 2.03. The van der Waals surface area contributed by atoms with Crippen molar-refractivity contribution in [1.29, 1.82) is 5.26 Å². The van der Waals surface area contributed by atoms with E-state index < -0.39 is 0 Å². The van der Waals surface area contributed by atoms with E-state index in [1.807, 2.05) is 49.2 Å². The molecule has 3 nitrogen and oxygen atoms in total. The minimum atomic E-state index is 0.655. The number of nitrogens with zero attached hydrogens (tertiary/aromatic N) is 3. The lowest BCUT2D eigenvalue weighted by molar-refractivity contribution is 1.12. The Labute approximate surface area is 101 Å². The van der Waals surface area contributed by atoms with Crippen LogP contribution in [0.4, 0.5) is 11.5 Å². The average molecular weight is 223 g/mol. The first-order valence-electron chi connectivity index (χ1n) is 5.37. The van der Waals surface area contributed by atoms with Crippen LogP contribution >= 0.6 is 0 Å². The van der Waals surface area contributed by atoms with Gasteiger partial charge in [0.05, 0.1) is 11.6 Å². The Hall–Kier alpha value is -2.34. The number of benzene rings is 1. The van der Waals surface area contributed by atoms with E-state index in [4.69, 9.17) is 5.26 Å². The monoisotopic (exact) mass is 223 g/mol. The van der Waals surface area contributed by atoms with Gasteiger partial charge in [0.1, 0.15) is 5.82 Å². The van der Waals surface area contributed by atoms with Crippen LogP contribution in [0.3, 0.4) is 0 Å². The number of anilines is 2. The largest absolute Gasteiger partial charge is 0.329 e. The molecule has 0 unspecified atom stereocenters. The molecule has 0 aliphatic heterocycles. The molecule has 0 fully saturated rings. The molecule has 0 saturated carbocycles. The molecular formula is C14H13N3. The molecule has 0 aliphatic carbocycles. The molecule has 17 heavy (non-hydrogen) atoms. The van der Waals surface area contributed by atoms with Gasteiger partial charge in [-0.25, -0.2) is 4.98 Å². The zero-order valence-corrected chi connectivity index (χ0v) is 9.88. The lowest BCUT2D eigenvalue weighted by Crippen LogP contribution is -2.11. The van der Waals surface area contributed by atoms with Crippen molar-refractivity contribution in [3.8, 4) is 6.07 Å². The van der Waals surface area contributed by atoms with Gasteiger partial charge in [-0.3, -0.25) is 0 Å². The lowest BCUT2D eigenvalue weighted by Gasteiger charge is -2.18. The highest BCUT2D eigenvalue weighted by Crippen LogP contribution is 2.22. The van der Waals surface area contributed by atoms with Crippen LogP contribution < -0.4 is 4.90 Å². The van der Waals surface area contributed by atoms with Crippen molar-refractivity contribution in [2.24, 2.45) is 0 Å². The van der Waals surface area contributed by atoms with E-state index >= 15 is 0 Å². The Morgan fingerprint density at radius 3 is 2.76 bits per heavy atom. The molecule has 0 spiro atoms. The minimum Gasteiger partial charge on any atom is -0.329 e. The summed E-state index contributed by atoms with van der Waals surface area (Å²) in [6, 6.07) is 13.6. The summed E-state index contributed by atoms with van der Waals surface area (Å²) in [4.78, 5) is 6.28. The van der Waals surface area contributed by atoms with E-state index in [1.165, 1.54) is 5.56 Å². The Morgan fingerprint density at radius 2 is 2.06 bits per heavy atom. The van der Waals surface area contributed by atoms with Gasteiger partial charge in [-0.1, -0.05) is 6.07 Å². The second-order valence-corrected chi connectivity index (χ2v) is 3.91. The third-order valence-corrected chi connectivity index (χ3v) is 2.61. The Bertz CT molecular complexity index is 570. The van der Waals surface area contributed by atoms with E-state index in [-0.39, 0.29) is 0 Å². The zero-order chi connectivity index (χ0) is 12.3. The number of aryl methyl sites for hydroxylation is 1. The van der Waals surface area contributed by atoms with E-state index in [1.54, 1.807) is 12.3 Å². The molecule has 0 aliphatic rings. The van der Waals surface area contributed by atoms with E-state index in [2.05, 4.69) is 11.1 Å².